The van der Waals surface area contributed by atoms with Crippen molar-refractivity contribution in [3.63, 3.8) is 0 Å². The van der Waals surface area contributed by atoms with E-state index >= 15 is 0 Å². The molecule has 7 rings (SSSR count). The minimum atomic E-state index is -0.0327. The molecule has 210 valence electrons. The van der Waals surface area contributed by atoms with Gasteiger partial charge >= 0.3 is 0 Å². The molecule has 7 aromatic rings. The van der Waals surface area contributed by atoms with Crippen molar-refractivity contribution in [2.45, 2.75) is 52.4 Å². The number of benzene rings is 6. The molecule has 0 bridgehead atoms. The molecule has 0 spiro atoms. The van der Waals surface area contributed by atoms with Crippen LogP contribution in [0.15, 0.2) is 109 Å². The zero-order valence-corrected chi connectivity index (χ0v) is 25.8. The van der Waals surface area contributed by atoms with Crippen LogP contribution >= 0.6 is 0 Å². The number of aromatic nitrogens is 1. The van der Waals surface area contributed by atoms with Gasteiger partial charge in [-0.05, 0) is 91.0 Å². The number of rotatable bonds is 2. The number of nitrogens with zero attached hydrogens (tertiary/aromatic N) is 2. The Morgan fingerprint density at radius 2 is 0.977 bits per heavy atom. The second-order valence-corrected chi connectivity index (χ2v) is 13.8. The van der Waals surface area contributed by atoms with Crippen molar-refractivity contribution in [1.82, 2.24) is 4.57 Å². The number of para-hydroxylation sites is 1. The fourth-order valence-electron chi connectivity index (χ4n) is 7.10. The predicted molar refractivity (Wildman–Crippen MR) is 183 cm³/mol. The van der Waals surface area contributed by atoms with Crippen LogP contribution in [0.4, 0.5) is 0 Å². The van der Waals surface area contributed by atoms with Gasteiger partial charge in [0.15, 0.2) is 0 Å². The molecule has 0 aliphatic heterocycles. The first-order valence-corrected chi connectivity index (χ1v) is 15.1. The second-order valence-electron chi connectivity index (χ2n) is 13.8. The first-order chi connectivity index (χ1) is 20.6. The molecule has 1 heterocycles. The highest BCUT2D eigenvalue weighted by atomic mass is 15.0. The first-order valence-electron chi connectivity index (χ1n) is 15.1. The third-order valence-corrected chi connectivity index (χ3v) is 8.77. The Morgan fingerprint density at radius 1 is 0.488 bits per heavy atom. The molecule has 0 saturated heterocycles. The Balaban J connectivity index is 1.55. The summed E-state index contributed by atoms with van der Waals surface area (Å²) in [6.45, 7) is 14.0. The normalized spacial score (nSPS) is 12.4. The molecule has 6 aromatic carbocycles. The molecule has 1 aromatic heterocycles. The summed E-state index contributed by atoms with van der Waals surface area (Å²) in [6.07, 6.45) is 0. The van der Waals surface area contributed by atoms with E-state index in [2.05, 4.69) is 143 Å². The monoisotopic (exact) mass is 556 g/mol. The molecule has 0 radical (unpaired) electrons. The van der Waals surface area contributed by atoms with Gasteiger partial charge in [0.2, 0.25) is 0 Å². The Morgan fingerprint density at radius 3 is 1.58 bits per heavy atom. The number of nitriles is 1. The summed E-state index contributed by atoms with van der Waals surface area (Å²) in [5.74, 6) is 0. The number of hydrogen-bond donors (Lipinski definition) is 0. The van der Waals surface area contributed by atoms with Gasteiger partial charge in [-0.25, -0.2) is 0 Å². The van der Waals surface area contributed by atoms with Gasteiger partial charge in [-0.1, -0.05) is 114 Å². The molecule has 0 saturated carbocycles. The van der Waals surface area contributed by atoms with E-state index < -0.39 is 0 Å². The maximum absolute atomic E-state index is 9.67. The highest BCUT2D eigenvalue weighted by Gasteiger charge is 2.27. The van der Waals surface area contributed by atoms with Gasteiger partial charge in [0.25, 0.3) is 0 Å². The lowest BCUT2D eigenvalue weighted by Gasteiger charge is -2.30. The molecule has 0 fully saturated rings. The van der Waals surface area contributed by atoms with Gasteiger partial charge in [0.1, 0.15) is 0 Å². The van der Waals surface area contributed by atoms with Crippen LogP contribution in [0.3, 0.4) is 0 Å². The average Bonchev–Trinajstić information content (AvgIpc) is 3.31. The van der Waals surface area contributed by atoms with E-state index in [9.17, 15) is 5.26 Å². The van der Waals surface area contributed by atoms with Gasteiger partial charge in [0, 0.05) is 16.5 Å². The maximum atomic E-state index is 9.67. The van der Waals surface area contributed by atoms with Crippen molar-refractivity contribution in [3.05, 3.63) is 126 Å². The molecule has 0 aliphatic carbocycles. The quantitative estimate of drug-likeness (QED) is 0.195. The predicted octanol–water partition coefficient (Wildman–Crippen LogP) is 11.2. The van der Waals surface area contributed by atoms with Crippen LogP contribution in [0, 0.1) is 11.3 Å². The van der Waals surface area contributed by atoms with Crippen LogP contribution in [-0.2, 0) is 10.8 Å². The van der Waals surface area contributed by atoms with Crippen LogP contribution in [0.25, 0.3) is 60.2 Å². The van der Waals surface area contributed by atoms with Crippen LogP contribution in [-0.4, -0.2) is 4.57 Å². The van der Waals surface area contributed by atoms with E-state index in [1.54, 1.807) is 0 Å². The van der Waals surface area contributed by atoms with Gasteiger partial charge in [-0.3, -0.25) is 0 Å². The Bertz CT molecular complexity index is 2250. The molecular weight excluding hydrogens is 520 g/mol. The smallest absolute Gasteiger partial charge is 0.0992 e. The summed E-state index contributed by atoms with van der Waals surface area (Å²) in [5.41, 5.74) is 9.09. The number of hydrogen-bond acceptors (Lipinski definition) is 1. The molecule has 0 amide bonds. The third-order valence-electron chi connectivity index (χ3n) is 8.77. The highest BCUT2D eigenvalue weighted by Crippen LogP contribution is 2.45. The lowest BCUT2D eigenvalue weighted by atomic mass is 9.73. The van der Waals surface area contributed by atoms with Crippen molar-refractivity contribution in [1.29, 1.82) is 5.26 Å². The van der Waals surface area contributed by atoms with Crippen LogP contribution in [0.1, 0.15) is 58.2 Å². The second kappa shape index (κ2) is 9.58. The zero-order chi connectivity index (χ0) is 30.1. The summed E-state index contributed by atoms with van der Waals surface area (Å²) in [7, 11) is 0. The Labute approximate surface area is 253 Å². The average molecular weight is 557 g/mol. The van der Waals surface area contributed by atoms with E-state index in [-0.39, 0.29) is 10.8 Å². The standard InChI is InChI=1S/C41H36N2/c1-40(2,3)38-32-14-10-11-15-33(32)39(41(4,5)6)35-23-27(18-21-34(35)38)28-17-20-31-30-19-16-26(25-42)22-36(30)43(37(31)24-28)29-12-8-7-9-13-29/h7-24H,1-6H3. The lowest BCUT2D eigenvalue weighted by Crippen LogP contribution is -2.17. The van der Waals surface area contributed by atoms with Crippen molar-refractivity contribution >= 4 is 43.4 Å². The van der Waals surface area contributed by atoms with Crippen molar-refractivity contribution in [2.75, 3.05) is 0 Å². The lowest BCUT2D eigenvalue weighted by molar-refractivity contribution is 0.593. The SMILES string of the molecule is CC(C)(C)c1c2ccccc2c(C(C)(C)C)c2cc(-c3ccc4c5ccc(C#N)cc5n(-c5ccccc5)c4c3)ccc12. The van der Waals surface area contributed by atoms with Crippen molar-refractivity contribution in [2.24, 2.45) is 0 Å². The van der Waals surface area contributed by atoms with E-state index in [0.29, 0.717) is 5.56 Å². The van der Waals surface area contributed by atoms with E-state index in [1.807, 2.05) is 18.2 Å². The van der Waals surface area contributed by atoms with Crippen molar-refractivity contribution in [3.8, 4) is 22.9 Å². The Hall–Kier alpha value is -4.87. The summed E-state index contributed by atoms with van der Waals surface area (Å²) in [4.78, 5) is 0. The van der Waals surface area contributed by atoms with Gasteiger partial charge in [-0.2, -0.15) is 5.26 Å². The topological polar surface area (TPSA) is 28.7 Å². The minimum absolute atomic E-state index is 0.00635. The first kappa shape index (κ1) is 27.0. The largest absolute Gasteiger partial charge is 0.309 e. The van der Waals surface area contributed by atoms with E-state index in [4.69, 9.17) is 0 Å². The van der Waals surface area contributed by atoms with Gasteiger partial charge in [-0.15, -0.1) is 0 Å². The molecule has 0 atom stereocenters. The van der Waals surface area contributed by atoms with Crippen LogP contribution in [0.5, 0.6) is 0 Å². The molecule has 0 unspecified atom stereocenters. The number of fused-ring (bicyclic) bond motifs is 5. The summed E-state index contributed by atoms with van der Waals surface area (Å²) < 4.78 is 2.29. The summed E-state index contributed by atoms with van der Waals surface area (Å²) in [5, 5.41) is 17.4. The fourth-order valence-corrected chi connectivity index (χ4v) is 7.10. The molecule has 0 aliphatic rings. The van der Waals surface area contributed by atoms with Gasteiger partial charge < -0.3 is 4.57 Å². The molecule has 0 N–H and O–H groups in total. The van der Waals surface area contributed by atoms with Crippen molar-refractivity contribution < 1.29 is 0 Å². The van der Waals surface area contributed by atoms with Crippen LogP contribution < -0.4 is 0 Å². The van der Waals surface area contributed by atoms with E-state index in [0.717, 1.165) is 22.1 Å². The highest BCUT2D eigenvalue weighted by molar-refractivity contribution is 6.11. The Kier molecular flexibility index (Phi) is 6.01. The zero-order valence-electron chi connectivity index (χ0n) is 25.8. The molecule has 2 nitrogen and oxygen atoms in total. The molecule has 2 heteroatoms. The summed E-state index contributed by atoms with van der Waals surface area (Å²) in [6, 6.07) is 41.6. The molecule has 43 heavy (non-hydrogen) atoms. The summed E-state index contributed by atoms with van der Waals surface area (Å²) >= 11 is 0. The third kappa shape index (κ3) is 4.31. The van der Waals surface area contributed by atoms with Gasteiger partial charge in [0.05, 0.1) is 22.7 Å². The van der Waals surface area contributed by atoms with Crippen LogP contribution in [0.2, 0.25) is 0 Å². The maximum Gasteiger partial charge on any atom is 0.0992 e. The molecular formula is C41H36N2. The van der Waals surface area contributed by atoms with E-state index in [1.165, 1.54) is 49.2 Å². The minimum Gasteiger partial charge on any atom is -0.309 e. The fraction of sp³-hybridized carbons (Fsp3) is 0.195.